The van der Waals surface area contributed by atoms with Gasteiger partial charge in [-0.25, -0.2) is 0 Å². The fraction of sp³-hybridized carbons (Fsp3) is 0.125. The van der Waals surface area contributed by atoms with Crippen molar-refractivity contribution in [2.75, 3.05) is 6.61 Å². The molecule has 3 nitrogen and oxygen atoms in total. The van der Waals surface area contributed by atoms with Crippen LogP contribution >= 0.6 is 11.6 Å². The number of hydrogen-bond donors (Lipinski definition) is 2. The molecular formula is C8H8ClNO2. The summed E-state index contributed by atoms with van der Waals surface area (Å²) < 4.78 is 0. The summed E-state index contributed by atoms with van der Waals surface area (Å²) in [6.45, 7) is -0.309. The quantitative estimate of drug-likeness (QED) is 0.417. The fourth-order valence-corrected chi connectivity index (χ4v) is 1.04. The highest BCUT2D eigenvalue weighted by Crippen LogP contribution is 2.11. The molecule has 0 aliphatic rings. The van der Waals surface area contributed by atoms with Gasteiger partial charge in [0.15, 0.2) is 0 Å². The second kappa shape index (κ2) is 4.09. The number of oxime groups is 1. The second-order valence-corrected chi connectivity index (χ2v) is 2.65. The first kappa shape index (κ1) is 9.03. The molecule has 1 rings (SSSR count). The molecule has 0 aliphatic carbocycles. The van der Waals surface area contributed by atoms with Crippen molar-refractivity contribution >= 4 is 17.3 Å². The average Bonchev–Trinajstić information content (AvgIpc) is 2.07. The van der Waals surface area contributed by atoms with E-state index in [1.807, 2.05) is 0 Å². The predicted molar refractivity (Wildman–Crippen MR) is 46.9 cm³/mol. The van der Waals surface area contributed by atoms with Gasteiger partial charge in [0.05, 0.1) is 6.61 Å². The Bertz CT molecular complexity index is 299. The molecule has 2 N–H and O–H groups in total. The second-order valence-electron chi connectivity index (χ2n) is 2.22. The van der Waals surface area contributed by atoms with Crippen LogP contribution in [-0.4, -0.2) is 22.6 Å². The highest BCUT2D eigenvalue weighted by molar-refractivity contribution is 6.31. The number of halogens is 1. The molecular weight excluding hydrogens is 178 g/mol. The molecule has 0 atom stereocenters. The van der Waals surface area contributed by atoms with E-state index in [0.717, 1.165) is 0 Å². The Hall–Kier alpha value is -1.06. The van der Waals surface area contributed by atoms with Crippen molar-refractivity contribution in [3.8, 4) is 0 Å². The maximum absolute atomic E-state index is 8.74. The number of aliphatic hydroxyl groups is 1. The summed E-state index contributed by atoms with van der Waals surface area (Å²) in [7, 11) is 0. The minimum Gasteiger partial charge on any atom is -0.411 e. The molecule has 64 valence electrons. The number of hydrogen-bond acceptors (Lipinski definition) is 3. The van der Waals surface area contributed by atoms with Crippen LogP contribution in [-0.2, 0) is 0 Å². The van der Waals surface area contributed by atoms with Crippen LogP contribution in [0.5, 0.6) is 0 Å². The van der Waals surface area contributed by atoms with Crippen LogP contribution in [0.4, 0.5) is 0 Å². The van der Waals surface area contributed by atoms with Gasteiger partial charge in [0.25, 0.3) is 0 Å². The van der Waals surface area contributed by atoms with E-state index >= 15 is 0 Å². The lowest BCUT2D eigenvalue weighted by Crippen LogP contribution is -2.05. The van der Waals surface area contributed by atoms with E-state index < -0.39 is 0 Å². The van der Waals surface area contributed by atoms with Gasteiger partial charge in [-0.05, 0) is 12.1 Å². The maximum Gasteiger partial charge on any atom is 0.112 e. The molecule has 0 saturated carbocycles. The lowest BCUT2D eigenvalue weighted by atomic mass is 10.1. The third-order valence-corrected chi connectivity index (χ3v) is 1.66. The summed E-state index contributed by atoms with van der Waals surface area (Å²) in [6, 6.07) is 6.75. The van der Waals surface area contributed by atoms with Crippen molar-refractivity contribution in [2.24, 2.45) is 5.16 Å². The number of rotatable bonds is 2. The molecule has 0 radical (unpaired) electrons. The van der Waals surface area contributed by atoms with Crippen molar-refractivity contribution in [1.29, 1.82) is 0 Å². The summed E-state index contributed by atoms with van der Waals surface area (Å²) in [4.78, 5) is 0. The molecule has 12 heavy (non-hydrogen) atoms. The van der Waals surface area contributed by atoms with Gasteiger partial charge in [0, 0.05) is 10.6 Å². The van der Waals surface area contributed by atoms with Gasteiger partial charge in [-0.3, -0.25) is 0 Å². The third-order valence-electron chi connectivity index (χ3n) is 1.43. The topological polar surface area (TPSA) is 52.8 Å². The highest BCUT2D eigenvalue weighted by atomic mass is 35.5. The molecule has 1 aromatic carbocycles. The van der Waals surface area contributed by atoms with Crippen molar-refractivity contribution in [3.05, 3.63) is 34.9 Å². The van der Waals surface area contributed by atoms with Gasteiger partial charge >= 0.3 is 0 Å². The van der Waals surface area contributed by atoms with Gasteiger partial charge in [-0.15, -0.1) is 0 Å². The Balaban J connectivity index is 3.02. The third kappa shape index (κ3) is 1.96. The van der Waals surface area contributed by atoms with E-state index in [9.17, 15) is 0 Å². The first-order chi connectivity index (χ1) is 5.77. The first-order valence-corrected chi connectivity index (χ1v) is 3.73. The Morgan fingerprint density at radius 1 is 1.50 bits per heavy atom. The van der Waals surface area contributed by atoms with Crippen molar-refractivity contribution < 1.29 is 10.3 Å². The van der Waals surface area contributed by atoms with E-state index in [1.165, 1.54) is 0 Å². The Labute approximate surface area is 74.9 Å². The summed E-state index contributed by atoms with van der Waals surface area (Å²) in [5.41, 5.74) is 0.824. The van der Waals surface area contributed by atoms with Crippen molar-refractivity contribution in [3.63, 3.8) is 0 Å². The molecule has 0 heterocycles. The minimum atomic E-state index is -0.309. The molecule has 0 bridgehead atoms. The van der Waals surface area contributed by atoms with E-state index in [-0.39, 0.29) is 12.3 Å². The van der Waals surface area contributed by atoms with E-state index in [2.05, 4.69) is 5.16 Å². The summed E-state index contributed by atoms with van der Waals surface area (Å²) in [5, 5.41) is 20.7. The molecule has 0 aliphatic heterocycles. The van der Waals surface area contributed by atoms with Crippen LogP contribution in [0.1, 0.15) is 5.56 Å². The summed E-state index contributed by atoms with van der Waals surface area (Å²) in [5.74, 6) is 0. The largest absolute Gasteiger partial charge is 0.411 e. The van der Waals surface area contributed by atoms with Crippen LogP contribution < -0.4 is 0 Å². The van der Waals surface area contributed by atoms with E-state index in [4.69, 9.17) is 21.9 Å². The Kier molecular flexibility index (Phi) is 3.08. The SMILES string of the molecule is OCC(=NO)c1cccc(Cl)c1. The Morgan fingerprint density at radius 2 is 2.25 bits per heavy atom. The standard InChI is InChI=1S/C8H8ClNO2/c9-7-3-1-2-6(4-7)8(5-11)10-12/h1-4,11-12H,5H2. The van der Waals surface area contributed by atoms with Crippen LogP contribution in [0.2, 0.25) is 5.02 Å². The zero-order chi connectivity index (χ0) is 8.97. The predicted octanol–water partition coefficient (Wildman–Crippen LogP) is 1.51. The van der Waals surface area contributed by atoms with Crippen LogP contribution in [0, 0.1) is 0 Å². The molecule has 0 spiro atoms. The smallest absolute Gasteiger partial charge is 0.112 e. The van der Waals surface area contributed by atoms with Crippen LogP contribution in [0.15, 0.2) is 29.4 Å². The molecule has 1 aromatic rings. The van der Waals surface area contributed by atoms with Crippen molar-refractivity contribution in [2.45, 2.75) is 0 Å². The summed E-state index contributed by atoms with van der Waals surface area (Å²) in [6.07, 6.45) is 0. The lowest BCUT2D eigenvalue weighted by Gasteiger charge is -1.99. The molecule has 0 amide bonds. The molecule has 0 unspecified atom stereocenters. The van der Waals surface area contributed by atoms with Gasteiger partial charge in [-0.2, -0.15) is 0 Å². The van der Waals surface area contributed by atoms with Gasteiger partial charge in [0.2, 0.25) is 0 Å². The van der Waals surface area contributed by atoms with E-state index in [1.54, 1.807) is 24.3 Å². The van der Waals surface area contributed by atoms with Gasteiger partial charge in [-0.1, -0.05) is 28.9 Å². The van der Waals surface area contributed by atoms with E-state index in [0.29, 0.717) is 10.6 Å². The first-order valence-electron chi connectivity index (χ1n) is 3.35. The van der Waals surface area contributed by atoms with Crippen LogP contribution in [0.25, 0.3) is 0 Å². The highest BCUT2D eigenvalue weighted by Gasteiger charge is 2.01. The molecule has 0 fully saturated rings. The molecule has 0 aromatic heterocycles. The number of benzene rings is 1. The maximum atomic E-state index is 8.74. The van der Waals surface area contributed by atoms with Gasteiger partial charge < -0.3 is 10.3 Å². The zero-order valence-corrected chi connectivity index (χ0v) is 6.99. The minimum absolute atomic E-state index is 0.206. The van der Waals surface area contributed by atoms with Crippen LogP contribution in [0.3, 0.4) is 0 Å². The molecule has 0 saturated heterocycles. The normalized spacial score (nSPS) is 11.7. The van der Waals surface area contributed by atoms with Gasteiger partial charge in [0.1, 0.15) is 5.71 Å². The lowest BCUT2D eigenvalue weighted by molar-refractivity contribution is 0.304. The number of nitrogens with zero attached hydrogens (tertiary/aromatic N) is 1. The zero-order valence-electron chi connectivity index (χ0n) is 6.24. The number of aliphatic hydroxyl groups excluding tert-OH is 1. The van der Waals surface area contributed by atoms with Crippen molar-refractivity contribution in [1.82, 2.24) is 0 Å². The monoisotopic (exact) mass is 185 g/mol. The average molecular weight is 186 g/mol. The fourth-order valence-electron chi connectivity index (χ4n) is 0.849. The Morgan fingerprint density at radius 3 is 2.75 bits per heavy atom. The molecule has 4 heteroatoms. The summed E-state index contributed by atoms with van der Waals surface area (Å²) >= 11 is 5.68.